The smallest absolute Gasteiger partial charge is 0.120 e. The zero-order chi connectivity index (χ0) is 11.1. The Morgan fingerprint density at radius 3 is 2.47 bits per heavy atom. The zero-order valence-corrected chi connectivity index (χ0v) is 8.85. The summed E-state index contributed by atoms with van der Waals surface area (Å²) in [5.41, 5.74) is 1.12. The van der Waals surface area contributed by atoms with Crippen LogP contribution in [-0.4, -0.2) is 36.3 Å². The number of aliphatic hydroxyl groups is 2. The van der Waals surface area contributed by atoms with Gasteiger partial charge in [0.2, 0.25) is 0 Å². The van der Waals surface area contributed by atoms with E-state index in [9.17, 15) is 5.11 Å². The first-order chi connectivity index (χ1) is 7.27. The van der Waals surface area contributed by atoms with Gasteiger partial charge in [-0.3, -0.25) is 10.6 Å². The van der Waals surface area contributed by atoms with Crippen molar-refractivity contribution in [3.63, 3.8) is 0 Å². The van der Waals surface area contributed by atoms with E-state index < -0.39 is 6.23 Å². The van der Waals surface area contributed by atoms with Gasteiger partial charge in [-0.05, 0) is 19.0 Å². The van der Waals surface area contributed by atoms with E-state index in [0.717, 1.165) is 5.56 Å². The third kappa shape index (κ3) is 3.97. The third-order valence-corrected chi connectivity index (χ3v) is 2.33. The molecule has 2 atom stereocenters. The molecule has 0 aliphatic carbocycles. The van der Waals surface area contributed by atoms with Crippen LogP contribution in [0.15, 0.2) is 30.3 Å². The Hall–Kier alpha value is -0.940. The highest BCUT2D eigenvalue weighted by molar-refractivity contribution is 5.16. The van der Waals surface area contributed by atoms with Crippen molar-refractivity contribution >= 4 is 0 Å². The lowest BCUT2D eigenvalue weighted by molar-refractivity contribution is 0.0855. The summed E-state index contributed by atoms with van der Waals surface area (Å²) in [4.78, 5) is 0. The molecule has 0 radical (unpaired) electrons. The van der Waals surface area contributed by atoms with Crippen molar-refractivity contribution in [1.82, 2.24) is 10.6 Å². The molecule has 0 aliphatic heterocycles. The summed E-state index contributed by atoms with van der Waals surface area (Å²) >= 11 is 0. The van der Waals surface area contributed by atoms with E-state index in [-0.39, 0.29) is 12.8 Å². The zero-order valence-electron chi connectivity index (χ0n) is 8.85. The van der Waals surface area contributed by atoms with Crippen LogP contribution in [0, 0.1) is 0 Å². The van der Waals surface area contributed by atoms with Crippen molar-refractivity contribution in [3.8, 4) is 0 Å². The molecule has 0 bridgehead atoms. The van der Waals surface area contributed by atoms with Crippen LogP contribution in [0.3, 0.4) is 0 Å². The van der Waals surface area contributed by atoms with E-state index in [1.54, 1.807) is 7.05 Å². The molecule has 84 valence electrons. The molecule has 4 heteroatoms. The maximum atomic E-state index is 9.63. The number of benzene rings is 1. The second-order valence-electron chi connectivity index (χ2n) is 3.39. The van der Waals surface area contributed by atoms with Gasteiger partial charge in [0, 0.05) is 0 Å². The summed E-state index contributed by atoms with van der Waals surface area (Å²) in [6.45, 7) is -0.143. The summed E-state index contributed by atoms with van der Waals surface area (Å²) in [6, 6.07) is 9.66. The molecule has 15 heavy (non-hydrogen) atoms. The van der Waals surface area contributed by atoms with Gasteiger partial charge in [0.1, 0.15) is 6.23 Å². The first-order valence-corrected chi connectivity index (χ1v) is 5.01. The highest BCUT2D eigenvalue weighted by Crippen LogP contribution is 2.04. The highest BCUT2D eigenvalue weighted by atomic mass is 16.3. The number of rotatable bonds is 6. The topological polar surface area (TPSA) is 64.5 Å². The fourth-order valence-electron chi connectivity index (χ4n) is 1.48. The van der Waals surface area contributed by atoms with Crippen LogP contribution < -0.4 is 10.6 Å². The Morgan fingerprint density at radius 2 is 1.93 bits per heavy atom. The van der Waals surface area contributed by atoms with Crippen molar-refractivity contribution in [1.29, 1.82) is 0 Å². The lowest BCUT2D eigenvalue weighted by atomic mass is 10.1. The minimum Gasteiger partial charge on any atom is -0.381 e. The molecule has 1 aromatic carbocycles. The molecular formula is C11H18N2O2. The van der Waals surface area contributed by atoms with Crippen LogP contribution in [0.1, 0.15) is 5.56 Å². The molecule has 0 fully saturated rings. The van der Waals surface area contributed by atoms with Gasteiger partial charge in [-0.15, -0.1) is 0 Å². The molecule has 1 aromatic rings. The van der Waals surface area contributed by atoms with E-state index in [4.69, 9.17) is 5.11 Å². The van der Waals surface area contributed by atoms with Crippen LogP contribution in [0.5, 0.6) is 0 Å². The van der Waals surface area contributed by atoms with Gasteiger partial charge < -0.3 is 10.2 Å². The summed E-state index contributed by atoms with van der Waals surface area (Å²) in [5.74, 6) is 0. The monoisotopic (exact) mass is 210 g/mol. The third-order valence-electron chi connectivity index (χ3n) is 2.33. The summed E-state index contributed by atoms with van der Waals surface area (Å²) in [6.07, 6.45) is 0.000932. The van der Waals surface area contributed by atoms with Crippen LogP contribution in [0.25, 0.3) is 0 Å². The van der Waals surface area contributed by atoms with Crippen LogP contribution in [0.2, 0.25) is 0 Å². The molecule has 0 aromatic heterocycles. The highest BCUT2D eigenvalue weighted by Gasteiger charge is 2.16. The average Bonchev–Trinajstić information content (AvgIpc) is 2.29. The Bertz CT molecular complexity index is 267. The van der Waals surface area contributed by atoms with Crippen molar-refractivity contribution in [2.24, 2.45) is 0 Å². The molecule has 1 unspecified atom stereocenters. The fourth-order valence-corrected chi connectivity index (χ4v) is 1.48. The Labute approximate surface area is 89.9 Å². The predicted molar refractivity (Wildman–Crippen MR) is 59.2 cm³/mol. The molecular weight excluding hydrogens is 192 g/mol. The lowest BCUT2D eigenvalue weighted by Gasteiger charge is -2.22. The SMILES string of the molecule is CNC(O)[C@H](Cc1ccccc1)NCO. The van der Waals surface area contributed by atoms with E-state index in [1.807, 2.05) is 30.3 Å². The average molecular weight is 210 g/mol. The quantitative estimate of drug-likeness (QED) is 0.486. The van der Waals surface area contributed by atoms with Gasteiger partial charge in [0.15, 0.2) is 0 Å². The van der Waals surface area contributed by atoms with Gasteiger partial charge in [-0.1, -0.05) is 30.3 Å². The molecule has 4 nitrogen and oxygen atoms in total. The van der Waals surface area contributed by atoms with Gasteiger partial charge >= 0.3 is 0 Å². The second-order valence-corrected chi connectivity index (χ2v) is 3.39. The summed E-state index contributed by atoms with van der Waals surface area (Å²) in [5, 5.41) is 24.0. The number of hydrogen-bond acceptors (Lipinski definition) is 4. The minimum absolute atomic E-state index is 0.143. The maximum absolute atomic E-state index is 9.63. The number of hydrogen-bond donors (Lipinski definition) is 4. The lowest BCUT2D eigenvalue weighted by Crippen LogP contribution is -2.48. The van der Waals surface area contributed by atoms with E-state index in [0.29, 0.717) is 6.42 Å². The van der Waals surface area contributed by atoms with Gasteiger partial charge in [0.25, 0.3) is 0 Å². The molecule has 0 heterocycles. The molecule has 0 amide bonds. The van der Waals surface area contributed by atoms with E-state index >= 15 is 0 Å². The number of aliphatic hydroxyl groups excluding tert-OH is 2. The summed E-state index contributed by atoms with van der Waals surface area (Å²) < 4.78 is 0. The molecule has 0 saturated carbocycles. The van der Waals surface area contributed by atoms with E-state index in [1.165, 1.54) is 0 Å². The fraction of sp³-hybridized carbons (Fsp3) is 0.455. The van der Waals surface area contributed by atoms with Crippen molar-refractivity contribution in [3.05, 3.63) is 35.9 Å². The molecule has 1 rings (SSSR count). The molecule has 4 N–H and O–H groups in total. The van der Waals surface area contributed by atoms with Crippen LogP contribution >= 0.6 is 0 Å². The van der Waals surface area contributed by atoms with Crippen LogP contribution in [0.4, 0.5) is 0 Å². The van der Waals surface area contributed by atoms with Crippen LogP contribution in [-0.2, 0) is 6.42 Å². The molecule has 0 saturated heterocycles. The first-order valence-electron chi connectivity index (χ1n) is 5.01. The summed E-state index contributed by atoms with van der Waals surface area (Å²) in [7, 11) is 1.68. The standard InChI is InChI=1S/C11H18N2O2/c1-12-11(15)10(13-8-14)7-9-5-3-2-4-6-9/h2-6,10-15H,7-8H2,1H3/t10-,11?/m0/s1. The Balaban J connectivity index is 2.58. The van der Waals surface area contributed by atoms with Crippen molar-refractivity contribution < 1.29 is 10.2 Å². The molecule has 0 aliphatic rings. The largest absolute Gasteiger partial charge is 0.381 e. The van der Waals surface area contributed by atoms with Crippen molar-refractivity contribution in [2.75, 3.05) is 13.8 Å². The number of nitrogens with one attached hydrogen (secondary N) is 2. The van der Waals surface area contributed by atoms with E-state index in [2.05, 4.69) is 10.6 Å². The Morgan fingerprint density at radius 1 is 1.27 bits per heavy atom. The van der Waals surface area contributed by atoms with Gasteiger partial charge in [-0.25, -0.2) is 0 Å². The minimum atomic E-state index is -0.669. The molecule has 0 spiro atoms. The second kappa shape index (κ2) is 6.53. The number of likely N-dealkylation sites (N-methyl/N-ethyl adjacent to an activating group) is 1. The normalized spacial score (nSPS) is 14.9. The first kappa shape index (κ1) is 12.1. The Kier molecular flexibility index (Phi) is 5.28. The van der Waals surface area contributed by atoms with Crippen molar-refractivity contribution in [2.45, 2.75) is 18.7 Å². The van der Waals surface area contributed by atoms with Gasteiger partial charge in [0.05, 0.1) is 12.8 Å². The van der Waals surface area contributed by atoms with Gasteiger partial charge in [-0.2, -0.15) is 0 Å². The maximum Gasteiger partial charge on any atom is 0.120 e. The predicted octanol–water partition coefficient (Wildman–Crippen LogP) is -0.325.